The van der Waals surface area contributed by atoms with Crippen molar-refractivity contribution in [2.75, 3.05) is 11.4 Å². The number of carbonyl (C=O) groups excluding carboxylic acids is 2. The molecule has 2 heterocycles. The van der Waals surface area contributed by atoms with Gasteiger partial charge in [-0.05, 0) is 62.2 Å². The zero-order chi connectivity index (χ0) is 21.3. The van der Waals surface area contributed by atoms with Crippen LogP contribution in [0.25, 0.3) is 5.69 Å². The van der Waals surface area contributed by atoms with E-state index in [0.29, 0.717) is 23.6 Å². The minimum atomic E-state index is -0.147. The van der Waals surface area contributed by atoms with Crippen molar-refractivity contribution in [1.29, 1.82) is 0 Å². The molecular weight excluding hydrogens is 400 g/mol. The molecule has 154 valence electrons. The zero-order valence-electron chi connectivity index (χ0n) is 17.0. The summed E-state index contributed by atoms with van der Waals surface area (Å²) in [5.41, 5.74) is 4.96. The normalized spacial score (nSPS) is 13.7. The van der Waals surface area contributed by atoms with E-state index in [9.17, 15) is 9.59 Å². The average Bonchev–Trinajstić information content (AvgIpc) is 3.31. The summed E-state index contributed by atoms with van der Waals surface area (Å²) >= 11 is 6.22. The Balaban J connectivity index is 1.38. The van der Waals surface area contributed by atoms with Gasteiger partial charge in [-0.2, -0.15) is 5.10 Å². The van der Waals surface area contributed by atoms with Gasteiger partial charge in [0.2, 0.25) is 5.91 Å². The van der Waals surface area contributed by atoms with Gasteiger partial charge in [0.15, 0.2) is 0 Å². The second-order valence-corrected chi connectivity index (χ2v) is 7.82. The number of nitrogens with one attached hydrogen (secondary N) is 1. The number of hydrogen-bond acceptors (Lipinski definition) is 3. The van der Waals surface area contributed by atoms with E-state index in [1.807, 2.05) is 50.2 Å². The van der Waals surface area contributed by atoms with Crippen LogP contribution in [-0.4, -0.2) is 28.1 Å². The summed E-state index contributed by atoms with van der Waals surface area (Å²) in [6.45, 7) is 4.97. The Morgan fingerprint density at radius 1 is 1.07 bits per heavy atom. The van der Waals surface area contributed by atoms with E-state index >= 15 is 0 Å². The van der Waals surface area contributed by atoms with Gasteiger partial charge in [-0.1, -0.05) is 23.7 Å². The summed E-state index contributed by atoms with van der Waals surface area (Å²) in [5, 5.41) is 8.01. The molecule has 1 aliphatic rings. The van der Waals surface area contributed by atoms with Crippen molar-refractivity contribution in [3.05, 3.63) is 76.1 Å². The van der Waals surface area contributed by atoms with Crippen LogP contribution >= 0.6 is 11.6 Å². The lowest BCUT2D eigenvalue weighted by molar-refractivity contribution is -0.117. The molecule has 0 radical (unpaired) electrons. The number of halogens is 1. The van der Waals surface area contributed by atoms with Crippen molar-refractivity contribution in [2.45, 2.75) is 33.2 Å². The molecule has 0 atom stereocenters. The van der Waals surface area contributed by atoms with Crippen molar-refractivity contribution in [3.8, 4) is 5.69 Å². The highest BCUT2D eigenvalue weighted by atomic mass is 35.5. The van der Waals surface area contributed by atoms with Crippen molar-refractivity contribution in [1.82, 2.24) is 15.1 Å². The molecule has 2 amide bonds. The number of aromatic nitrogens is 2. The maximum Gasteiger partial charge on any atom is 0.251 e. The summed E-state index contributed by atoms with van der Waals surface area (Å²) in [6, 6.07) is 15.0. The van der Waals surface area contributed by atoms with Gasteiger partial charge >= 0.3 is 0 Å². The molecule has 30 heavy (non-hydrogen) atoms. The first-order valence-electron chi connectivity index (χ1n) is 9.93. The summed E-state index contributed by atoms with van der Waals surface area (Å²) in [4.78, 5) is 26.1. The average molecular weight is 423 g/mol. The predicted octanol–water partition coefficient (Wildman–Crippen LogP) is 4.20. The highest BCUT2D eigenvalue weighted by molar-refractivity contribution is 6.31. The van der Waals surface area contributed by atoms with Gasteiger partial charge in [0.25, 0.3) is 5.91 Å². The number of amides is 2. The molecule has 1 aromatic heterocycles. The van der Waals surface area contributed by atoms with E-state index in [4.69, 9.17) is 11.6 Å². The van der Waals surface area contributed by atoms with Crippen molar-refractivity contribution in [2.24, 2.45) is 0 Å². The number of nitrogens with zero attached hydrogens (tertiary/aromatic N) is 3. The Hall–Kier alpha value is -3.12. The molecule has 1 N–H and O–H groups in total. The minimum absolute atomic E-state index is 0.147. The molecule has 0 bridgehead atoms. The van der Waals surface area contributed by atoms with Crippen LogP contribution in [0.15, 0.2) is 48.5 Å². The molecule has 1 saturated heterocycles. The highest BCUT2D eigenvalue weighted by Crippen LogP contribution is 2.23. The fourth-order valence-corrected chi connectivity index (χ4v) is 3.75. The molecule has 0 spiro atoms. The number of aryl methyl sites for hydroxylation is 1. The second kappa shape index (κ2) is 8.32. The molecule has 6 nitrogen and oxygen atoms in total. The lowest BCUT2D eigenvalue weighted by Gasteiger charge is -2.16. The van der Waals surface area contributed by atoms with Gasteiger partial charge in [-0.15, -0.1) is 0 Å². The monoisotopic (exact) mass is 422 g/mol. The van der Waals surface area contributed by atoms with Crippen LogP contribution in [0.1, 0.15) is 40.2 Å². The fraction of sp³-hybridized carbons (Fsp3) is 0.261. The molecule has 2 aromatic carbocycles. The molecule has 0 aliphatic carbocycles. The van der Waals surface area contributed by atoms with E-state index in [-0.39, 0.29) is 11.8 Å². The zero-order valence-corrected chi connectivity index (χ0v) is 17.7. The molecular formula is C23H23ClN4O2. The van der Waals surface area contributed by atoms with Crippen LogP contribution in [0.3, 0.4) is 0 Å². The SMILES string of the molecule is Cc1nn(-c2ccc(C(=O)NCc3ccc(N4CCCC4=O)cc3)cc2)c(C)c1Cl. The van der Waals surface area contributed by atoms with Gasteiger partial charge < -0.3 is 10.2 Å². The third kappa shape index (κ3) is 3.96. The smallest absolute Gasteiger partial charge is 0.251 e. The standard InChI is InChI=1S/C23H23ClN4O2/c1-15-22(24)16(2)28(26-15)20-11-7-18(8-12-20)23(30)25-14-17-5-9-19(10-6-17)27-13-3-4-21(27)29/h5-12H,3-4,13-14H2,1-2H3,(H,25,30). The Bertz CT molecular complexity index is 1090. The Labute approximate surface area is 180 Å². The van der Waals surface area contributed by atoms with Gasteiger partial charge in [0, 0.05) is 30.8 Å². The third-order valence-electron chi connectivity index (χ3n) is 5.35. The van der Waals surface area contributed by atoms with Crippen LogP contribution < -0.4 is 10.2 Å². The Morgan fingerprint density at radius 2 is 1.73 bits per heavy atom. The van der Waals surface area contributed by atoms with Gasteiger partial charge in [-0.3, -0.25) is 9.59 Å². The number of carbonyl (C=O) groups is 2. The first-order valence-corrected chi connectivity index (χ1v) is 10.3. The third-order valence-corrected chi connectivity index (χ3v) is 5.90. The first kappa shape index (κ1) is 20.2. The van der Waals surface area contributed by atoms with Crippen LogP contribution in [-0.2, 0) is 11.3 Å². The number of anilines is 1. The maximum atomic E-state index is 12.5. The van der Waals surface area contributed by atoms with Crippen LogP contribution in [0.4, 0.5) is 5.69 Å². The van der Waals surface area contributed by atoms with Crippen LogP contribution in [0.5, 0.6) is 0 Å². The molecule has 0 saturated carbocycles. The first-order chi connectivity index (χ1) is 14.4. The van der Waals surface area contributed by atoms with E-state index in [0.717, 1.165) is 41.3 Å². The summed E-state index contributed by atoms with van der Waals surface area (Å²) in [7, 11) is 0. The fourth-order valence-electron chi connectivity index (χ4n) is 3.63. The number of rotatable bonds is 5. The molecule has 4 rings (SSSR count). The summed E-state index contributed by atoms with van der Waals surface area (Å²) < 4.78 is 1.77. The van der Waals surface area contributed by atoms with Gasteiger partial charge in [-0.25, -0.2) is 4.68 Å². The largest absolute Gasteiger partial charge is 0.348 e. The molecule has 0 unspecified atom stereocenters. The molecule has 3 aromatic rings. The van der Waals surface area contributed by atoms with Crippen molar-refractivity contribution < 1.29 is 9.59 Å². The van der Waals surface area contributed by atoms with Gasteiger partial charge in [0.05, 0.1) is 22.1 Å². The van der Waals surface area contributed by atoms with Crippen molar-refractivity contribution in [3.63, 3.8) is 0 Å². The number of hydrogen-bond donors (Lipinski definition) is 1. The van der Waals surface area contributed by atoms with Crippen molar-refractivity contribution >= 4 is 29.1 Å². The minimum Gasteiger partial charge on any atom is -0.348 e. The molecule has 1 aliphatic heterocycles. The van der Waals surface area contributed by atoms with Gasteiger partial charge in [0.1, 0.15) is 0 Å². The quantitative estimate of drug-likeness (QED) is 0.670. The van der Waals surface area contributed by atoms with E-state index in [1.54, 1.807) is 21.7 Å². The number of benzene rings is 2. The summed E-state index contributed by atoms with van der Waals surface area (Å²) in [5.74, 6) is 0.0222. The lowest BCUT2D eigenvalue weighted by atomic mass is 10.1. The summed E-state index contributed by atoms with van der Waals surface area (Å²) in [6.07, 6.45) is 1.52. The predicted molar refractivity (Wildman–Crippen MR) is 117 cm³/mol. The van der Waals surface area contributed by atoms with E-state index in [1.165, 1.54) is 0 Å². The highest BCUT2D eigenvalue weighted by Gasteiger charge is 2.21. The molecule has 1 fully saturated rings. The van der Waals surface area contributed by atoms with E-state index < -0.39 is 0 Å². The maximum absolute atomic E-state index is 12.5. The molecule has 7 heteroatoms. The topological polar surface area (TPSA) is 67.2 Å². The Kier molecular flexibility index (Phi) is 5.59. The second-order valence-electron chi connectivity index (χ2n) is 7.44. The lowest BCUT2D eigenvalue weighted by Crippen LogP contribution is -2.24. The Morgan fingerprint density at radius 3 is 2.30 bits per heavy atom. The van der Waals surface area contributed by atoms with Crippen LogP contribution in [0, 0.1) is 13.8 Å². The van der Waals surface area contributed by atoms with E-state index in [2.05, 4.69) is 10.4 Å². The van der Waals surface area contributed by atoms with Crippen LogP contribution in [0.2, 0.25) is 5.02 Å².